The number of urea groups is 1. The minimum Gasteiger partial charge on any atom is -0.350 e. The number of benzene rings is 1. The highest BCUT2D eigenvalue weighted by molar-refractivity contribution is 7.61. The van der Waals surface area contributed by atoms with E-state index in [1.165, 1.54) is 11.0 Å². The molecule has 1 aromatic carbocycles. The van der Waals surface area contributed by atoms with Crippen LogP contribution in [0, 0.1) is 6.92 Å². The fourth-order valence-electron chi connectivity index (χ4n) is 0.617. The molecule has 0 saturated carbocycles. The summed E-state index contributed by atoms with van der Waals surface area (Å²) in [6, 6.07) is 9.26. The van der Waals surface area contributed by atoms with E-state index in [0.29, 0.717) is 0 Å². The van der Waals surface area contributed by atoms with Gasteiger partial charge >= 0.3 is 16.5 Å². The second-order valence-corrected chi connectivity index (χ2v) is 3.06. The van der Waals surface area contributed by atoms with Gasteiger partial charge in [0.25, 0.3) is 0 Å². The molecule has 0 heterocycles. The van der Waals surface area contributed by atoms with E-state index in [1.54, 1.807) is 0 Å². The molecule has 0 saturated heterocycles. The summed E-state index contributed by atoms with van der Waals surface area (Å²) in [6.07, 6.45) is 0. The third-order valence-electron chi connectivity index (χ3n) is 1.17. The first-order chi connectivity index (χ1) is 7.02. The number of primary amides is 1. The predicted molar refractivity (Wildman–Crippen MR) is 55.2 cm³/mol. The molecule has 1 rings (SSSR count). The van der Waals surface area contributed by atoms with Crippen molar-refractivity contribution in [2.24, 2.45) is 10.2 Å². The van der Waals surface area contributed by atoms with Gasteiger partial charge in [0.1, 0.15) is 0 Å². The lowest BCUT2D eigenvalue weighted by atomic mass is 10.2. The molecule has 0 spiro atoms. The van der Waals surface area contributed by atoms with Gasteiger partial charge in [0.2, 0.25) is 0 Å². The second-order valence-electron chi connectivity index (χ2n) is 2.44. The predicted octanol–water partition coefficient (Wildman–Crippen LogP) is 0.627. The summed E-state index contributed by atoms with van der Waals surface area (Å²) in [4.78, 5) is 9.65. The van der Waals surface area contributed by atoms with Gasteiger partial charge in [0, 0.05) is 0 Å². The van der Waals surface area contributed by atoms with Crippen molar-refractivity contribution in [1.82, 2.24) is 5.43 Å². The molecule has 0 radical (unpaired) electrons. The van der Waals surface area contributed by atoms with Crippen molar-refractivity contribution in [2.45, 2.75) is 6.92 Å². The van der Waals surface area contributed by atoms with Gasteiger partial charge in [-0.05, 0) is 11.4 Å². The Bertz CT molecular complexity index is 420. The zero-order chi connectivity index (χ0) is 11.7. The molecule has 3 N–H and O–H groups in total. The molecule has 0 unspecified atom stereocenters. The first-order valence-electron chi connectivity index (χ1n) is 3.89. The van der Waals surface area contributed by atoms with Crippen LogP contribution < -0.4 is 11.2 Å². The van der Waals surface area contributed by atoms with E-state index in [1.807, 2.05) is 18.2 Å². The van der Waals surface area contributed by atoms with Crippen molar-refractivity contribution < 1.29 is 13.2 Å². The minimum absolute atomic E-state index is 1.01. The van der Waals surface area contributed by atoms with Crippen molar-refractivity contribution in [3.63, 3.8) is 0 Å². The van der Waals surface area contributed by atoms with E-state index in [0.717, 1.165) is 0 Å². The molecule has 0 atom stereocenters. The minimum atomic E-state index is -2.62. The quantitative estimate of drug-likeness (QED) is 0.690. The first-order valence-corrected chi connectivity index (χ1v) is 4.92. The van der Waals surface area contributed by atoms with E-state index in [2.05, 4.69) is 29.3 Å². The molecule has 15 heavy (non-hydrogen) atoms. The number of nitrogens with one attached hydrogen (secondary N) is 1. The number of carbonyl (C=O) groups excluding carboxylic acids is 1. The molecule has 0 fully saturated rings. The number of carbonyl (C=O) groups is 1. The maximum Gasteiger partial charge on any atom is 0.333 e. The van der Waals surface area contributed by atoms with Crippen molar-refractivity contribution in [1.29, 1.82) is 0 Å². The van der Waals surface area contributed by atoms with E-state index in [-0.39, 0.29) is 0 Å². The highest BCUT2D eigenvalue weighted by Crippen LogP contribution is 1.92. The highest BCUT2D eigenvalue weighted by atomic mass is 32.2. The van der Waals surface area contributed by atoms with Crippen LogP contribution in [0.15, 0.2) is 34.8 Å². The number of hydrogen-bond acceptors (Lipinski definition) is 4. The second kappa shape index (κ2) is 7.51. The van der Waals surface area contributed by atoms with Crippen molar-refractivity contribution in [3.05, 3.63) is 35.9 Å². The largest absolute Gasteiger partial charge is 0.350 e. The fraction of sp³-hybridized carbons (Fsp3) is 0.125. The normalized spacial score (nSPS) is 8.07. The Morgan fingerprint density at radius 1 is 1.33 bits per heavy atom. The van der Waals surface area contributed by atoms with Crippen molar-refractivity contribution in [2.75, 3.05) is 0 Å². The molecule has 0 aliphatic carbocycles. The molecule has 0 aliphatic rings. The van der Waals surface area contributed by atoms with Crippen LogP contribution in [0.5, 0.6) is 0 Å². The number of rotatable bonds is 1. The Balaban J connectivity index is 0.000000262. The van der Waals surface area contributed by atoms with Gasteiger partial charge in [-0.2, -0.15) is 8.42 Å². The maximum atomic E-state index is 9.65. The van der Waals surface area contributed by atoms with Gasteiger partial charge in [-0.15, -0.1) is 0 Å². The van der Waals surface area contributed by atoms with Gasteiger partial charge in [0.15, 0.2) is 0 Å². The van der Waals surface area contributed by atoms with Crippen molar-refractivity contribution in [3.8, 4) is 0 Å². The number of aryl methyl sites for hydroxylation is 1. The Hall–Kier alpha value is -1.89. The Morgan fingerprint density at radius 3 is 2.07 bits per heavy atom. The van der Waals surface area contributed by atoms with Crippen LogP contribution in [0.25, 0.3) is 0 Å². The molecule has 82 valence electrons. The highest BCUT2D eigenvalue weighted by Gasteiger charge is 1.82. The van der Waals surface area contributed by atoms with Gasteiger partial charge < -0.3 is 5.73 Å². The lowest BCUT2D eigenvalue weighted by Gasteiger charge is -1.82. The average molecular weight is 229 g/mol. The number of hydrogen-bond donors (Lipinski definition) is 2. The lowest BCUT2D eigenvalue weighted by molar-refractivity contribution is 0.249. The van der Waals surface area contributed by atoms with Crippen molar-refractivity contribution >= 4 is 16.5 Å². The molecule has 0 aliphatic heterocycles. The van der Waals surface area contributed by atoms with E-state index in [9.17, 15) is 13.2 Å². The third-order valence-corrected chi connectivity index (χ3v) is 1.41. The summed E-state index contributed by atoms with van der Waals surface area (Å²) >= 11 is 0. The molecule has 0 bridgehead atoms. The molecule has 7 heteroatoms. The summed E-state index contributed by atoms with van der Waals surface area (Å²) in [7, 11) is -2.62. The Labute approximate surface area is 88.8 Å². The standard InChI is InChI=1S/C7H8.CH3N3O3S/c1-7-5-3-2-4-6-7;2-1(5)3-4-8(6)7/h2-6H,1H3;(H3,2,3,5). The topological polar surface area (TPSA) is 102 Å². The SMILES string of the molecule is Cc1ccccc1.NC(=O)NN=S(=O)=O. The number of nitrogens with two attached hydrogens (primary N) is 1. The first kappa shape index (κ1) is 13.1. The Kier molecular flexibility index (Phi) is 6.56. The summed E-state index contributed by atoms with van der Waals surface area (Å²) in [5.74, 6) is 0. The summed E-state index contributed by atoms with van der Waals surface area (Å²) in [6.45, 7) is 2.08. The van der Waals surface area contributed by atoms with Crippen LogP contribution in [0.4, 0.5) is 4.79 Å². The lowest BCUT2D eigenvalue weighted by Crippen LogP contribution is -2.23. The van der Waals surface area contributed by atoms with Crippen LogP contribution in [0.2, 0.25) is 0 Å². The number of amides is 2. The van der Waals surface area contributed by atoms with Crippen LogP contribution >= 0.6 is 0 Å². The van der Waals surface area contributed by atoms with Gasteiger partial charge in [-0.25, -0.2) is 10.2 Å². The molecule has 6 nitrogen and oxygen atoms in total. The molecule has 2 amide bonds. The zero-order valence-electron chi connectivity index (χ0n) is 8.04. The summed E-state index contributed by atoms with van der Waals surface area (Å²) < 4.78 is 21.4. The van der Waals surface area contributed by atoms with Crippen LogP contribution in [0.1, 0.15) is 5.56 Å². The van der Waals surface area contributed by atoms with E-state index < -0.39 is 16.5 Å². The van der Waals surface area contributed by atoms with E-state index in [4.69, 9.17) is 0 Å². The average Bonchev–Trinajstić information content (AvgIpc) is 2.17. The summed E-state index contributed by atoms with van der Waals surface area (Å²) in [5, 5.41) is 0. The van der Waals surface area contributed by atoms with Crippen LogP contribution in [-0.2, 0) is 10.5 Å². The molecular formula is C8H11N3O3S. The fourth-order valence-corrected chi connectivity index (χ4v) is 0.781. The maximum absolute atomic E-state index is 9.65. The summed E-state index contributed by atoms with van der Waals surface area (Å²) in [5.41, 5.74) is 7.24. The van der Waals surface area contributed by atoms with Crippen LogP contribution in [-0.4, -0.2) is 14.4 Å². The van der Waals surface area contributed by atoms with Crippen LogP contribution in [0.3, 0.4) is 0 Å². The monoisotopic (exact) mass is 229 g/mol. The number of nitrogens with zero attached hydrogens (tertiary/aromatic N) is 1. The molecule has 1 aromatic rings. The Morgan fingerprint density at radius 2 is 1.87 bits per heavy atom. The van der Waals surface area contributed by atoms with Gasteiger partial charge in [-0.3, -0.25) is 0 Å². The smallest absolute Gasteiger partial charge is 0.333 e. The van der Waals surface area contributed by atoms with Gasteiger partial charge in [-0.1, -0.05) is 35.9 Å². The third kappa shape index (κ3) is 10.0. The van der Waals surface area contributed by atoms with E-state index >= 15 is 0 Å². The zero-order valence-corrected chi connectivity index (χ0v) is 8.86. The molecule has 0 aromatic heterocycles. The van der Waals surface area contributed by atoms with Gasteiger partial charge in [0.05, 0.1) is 0 Å². The molecular weight excluding hydrogens is 218 g/mol.